The molecule has 1 N–H and O–H groups in total. The van der Waals surface area contributed by atoms with Gasteiger partial charge in [0.05, 0.1) is 17.8 Å². The number of esters is 1. The molecule has 0 spiro atoms. The largest absolute Gasteiger partial charge is 0.467 e. The molecule has 0 aliphatic heterocycles. The van der Waals surface area contributed by atoms with Crippen molar-refractivity contribution in [2.75, 3.05) is 12.4 Å². The number of hydrogen-bond acceptors (Lipinski definition) is 3. The van der Waals surface area contributed by atoms with Gasteiger partial charge in [-0.1, -0.05) is 36.6 Å². The zero-order chi connectivity index (χ0) is 13.0. The number of carbonyl (C=O) groups excluding carboxylic acids is 1. The summed E-state index contributed by atoms with van der Waals surface area (Å²) in [7, 11) is 1.43. The van der Waals surface area contributed by atoms with Crippen LogP contribution in [0.3, 0.4) is 0 Å². The first-order valence-electron chi connectivity index (χ1n) is 6.31. The molecule has 0 saturated heterocycles. The minimum absolute atomic E-state index is 0.207. The summed E-state index contributed by atoms with van der Waals surface area (Å²) in [5, 5.41) is 3.86. The molecule has 1 atom stereocenters. The third-order valence-corrected chi connectivity index (χ3v) is 3.84. The predicted molar refractivity (Wildman–Crippen MR) is 72.8 cm³/mol. The minimum atomic E-state index is -0.294. The maximum Gasteiger partial charge on any atom is 0.328 e. The molecular weight excluding hydrogens is 250 g/mol. The summed E-state index contributed by atoms with van der Waals surface area (Å²) in [5.74, 6) is 0.135. The molecule has 0 aromatic heterocycles. The molecule has 1 unspecified atom stereocenters. The molecule has 18 heavy (non-hydrogen) atoms. The van der Waals surface area contributed by atoms with Crippen LogP contribution in [0.4, 0.5) is 5.69 Å². The van der Waals surface area contributed by atoms with Gasteiger partial charge < -0.3 is 10.1 Å². The Morgan fingerprint density at radius 1 is 1.39 bits per heavy atom. The number of para-hydroxylation sites is 1. The number of carbonyl (C=O) groups is 1. The SMILES string of the molecule is COC(=O)C(Nc1ccccc1Cl)C1CCCC1. The number of hydrogen-bond donors (Lipinski definition) is 1. The first-order valence-corrected chi connectivity index (χ1v) is 6.69. The summed E-state index contributed by atoms with van der Waals surface area (Å²) in [5.41, 5.74) is 0.793. The molecule has 4 heteroatoms. The van der Waals surface area contributed by atoms with Crippen LogP contribution in [0.2, 0.25) is 5.02 Å². The number of methoxy groups -OCH3 is 1. The Kier molecular flexibility index (Phi) is 4.48. The van der Waals surface area contributed by atoms with Crippen LogP contribution in [0.5, 0.6) is 0 Å². The van der Waals surface area contributed by atoms with E-state index in [2.05, 4.69) is 5.32 Å². The Morgan fingerprint density at radius 2 is 2.06 bits per heavy atom. The summed E-state index contributed by atoms with van der Waals surface area (Å²) >= 11 is 6.11. The summed E-state index contributed by atoms with van der Waals surface area (Å²) < 4.78 is 4.89. The average Bonchev–Trinajstić information content (AvgIpc) is 2.90. The topological polar surface area (TPSA) is 38.3 Å². The van der Waals surface area contributed by atoms with E-state index in [1.54, 1.807) is 0 Å². The Hall–Kier alpha value is -1.22. The van der Waals surface area contributed by atoms with Gasteiger partial charge in [0, 0.05) is 0 Å². The first kappa shape index (κ1) is 13.2. The van der Waals surface area contributed by atoms with E-state index in [9.17, 15) is 4.79 Å². The molecule has 98 valence electrons. The lowest BCUT2D eigenvalue weighted by Crippen LogP contribution is -2.36. The van der Waals surface area contributed by atoms with Gasteiger partial charge in [0.1, 0.15) is 6.04 Å². The minimum Gasteiger partial charge on any atom is -0.467 e. The molecule has 1 aliphatic rings. The van der Waals surface area contributed by atoms with Crippen molar-refractivity contribution < 1.29 is 9.53 Å². The van der Waals surface area contributed by atoms with Crippen molar-refractivity contribution in [2.24, 2.45) is 5.92 Å². The molecule has 0 amide bonds. The van der Waals surface area contributed by atoms with Crippen LogP contribution in [-0.2, 0) is 9.53 Å². The number of nitrogens with one attached hydrogen (secondary N) is 1. The monoisotopic (exact) mass is 267 g/mol. The third kappa shape index (κ3) is 2.96. The van der Waals surface area contributed by atoms with Crippen LogP contribution in [0.25, 0.3) is 0 Å². The number of rotatable bonds is 4. The zero-order valence-electron chi connectivity index (χ0n) is 10.5. The van der Waals surface area contributed by atoms with Crippen molar-refractivity contribution in [1.82, 2.24) is 0 Å². The summed E-state index contributed by atoms with van der Waals surface area (Å²) in [6.07, 6.45) is 4.50. The molecule has 0 heterocycles. The van der Waals surface area contributed by atoms with Gasteiger partial charge in [-0.05, 0) is 30.9 Å². The molecule has 0 bridgehead atoms. The highest BCUT2D eigenvalue weighted by Gasteiger charge is 2.31. The van der Waals surface area contributed by atoms with Crippen LogP contribution in [-0.4, -0.2) is 19.1 Å². The molecule has 1 fully saturated rings. The molecule has 2 rings (SSSR count). The molecule has 1 aliphatic carbocycles. The van der Waals surface area contributed by atoms with Gasteiger partial charge in [0.2, 0.25) is 0 Å². The second-order valence-electron chi connectivity index (χ2n) is 4.67. The Bertz CT molecular complexity index is 416. The molecule has 1 aromatic rings. The Balaban J connectivity index is 2.14. The fourth-order valence-electron chi connectivity index (χ4n) is 2.53. The van der Waals surface area contributed by atoms with Gasteiger partial charge in [-0.3, -0.25) is 0 Å². The van der Waals surface area contributed by atoms with Crippen molar-refractivity contribution in [3.63, 3.8) is 0 Å². The van der Waals surface area contributed by atoms with E-state index >= 15 is 0 Å². The molecule has 0 radical (unpaired) electrons. The van der Waals surface area contributed by atoms with Gasteiger partial charge in [-0.2, -0.15) is 0 Å². The first-order chi connectivity index (χ1) is 8.72. The smallest absolute Gasteiger partial charge is 0.328 e. The van der Waals surface area contributed by atoms with E-state index in [1.165, 1.54) is 20.0 Å². The Morgan fingerprint density at radius 3 is 2.67 bits per heavy atom. The van der Waals surface area contributed by atoms with Gasteiger partial charge >= 0.3 is 5.97 Å². The summed E-state index contributed by atoms with van der Waals surface area (Å²) in [6, 6.07) is 7.17. The maximum absolute atomic E-state index is 11.9. The lowest BCUT2D eigenvalue weighted by Gasteiger charge is -2.23. The van der Waals surface area contributed by atoms with Crippen LogP contribution in [0.1, 0.15) is 25.7 Å². The van der Waals surface area contributed by atoms with Gasteiger partial charge in [0.25, 0.3) is 0 Å². The van der Waals surface area contributed by atoms with E-state index in [-0.39, 0.29) is 12.0 Å². The van der Waals surface area contributed by atoms with Crippen molar-refractivity contribution in [2.45, 2.75) is 31.7 Å². The number of anilines is 1. The predicted octanol–water partition coefficient (Wildman–Crippen LogP) is 3.48. The van der Waals surface area contributed by atoms with Crippen LogP contribution >= 0.6 is 11.6 Å². The second kappa shape index (κ2) is 6.10. The number of ether oxygens (including phenoxy) is 1. The highest BCUT2D eigenvalue weighted by atomic mass is 35.5. The number of benzene rings is 1. The normalized spacial score (nSPS) is 17.4. The summed E-state index contributed by atoms with van der Waals surface area (Å²) in [4.78, 5) is 11.9. The van der Waals surface area contributed by atoms with E-state index in [0.717, 1.165) is 18.5 Å². The molecule has 1 aromatic carbocycles. The van der Waals surface area contributed by atoms with E-state index in [4.69, 9.17) is 16.3 Å². The maximum atomic E-state index is 11.9. The average molecular weight is 268 g/mol. The van der Waals surface area contributed by atoms with Crippen molar-refractivity contribution in [1.29, 1.82) is 0 Å². The van der Waals surface area contributed by atoms with E-state index < -0.39 is 0 Å². The lowest BCUT2D eigenvalue weighted by atomic mass is 9.98. The van der Waals surface area contributed by atoms with Crippen LogP contribution in [0, 0.1) is 5.92 Å². The fraction of sp³-hybridized carbons (Fsp3) is 0.500. The van der Waals surface area contributed by atoms with Gasteiger partial charge in [0.15, 0.2) is 0 Å². The highest BCUT2D eigenvalue weighted by Crippen LogP contribution is 2.31. The van der Waals surface area contributed by atoms with Crippen LogP contribution in [0.15, 0.2) is 24.3 Å². The molecule has 1 saturated carbocycles. The lowest BCUT2D eigenvalue weighted by molar-refractivity contribution is -0.142. The van der Waals surface area contributed by atoms with Gasteiger partial charge in [-0.25, -0.2) is 4.79 Å². The zero-order valence-corrected chi connectivity index (χ0v) is 11.2. The van der Waals surface area contributed by atoms with Crippen molar-refractivity contribution >= 4 is 23.3 Å². The standard InChI is InChI=1S/C14H18ClNO2/c1-18-14(17)13(10-6-2-3-7-10)16-12-9-5-4-8-11(12)15/h4-5,8-10,13,16H,2-3,6-7H2,1H3. The second-order valence-corrected chi connectivity index (χ2v) is 5.08. The highest BCUT2D eigenvalue weighted by molar-refractivity contribution is 6.33. The van der Waals surface area contributed by atoms with E-state index in [0.29, 0.717) is 10.9 Å². The molecular formula is C14H18ClNO2. The third-order valence-electron chi connectivity index (χ3n) is 3.51. The Labute approximate surface area is 112 Å². The van der Waals surface area contributed by atoms with Gasteiger partial charge in [-0.15, -0.1) is 0 Å². The molecule has 3 nitrogen and oxygen atoms in total. The van der Waals surface area contributed by atoms with E-state index in [1.807, 2.05) is 24.3 Å². The quantitative estimate of drug-likeness (QED) is 0.849. The van der Waals surface area contributed by atoms with Crippen molar-refractivity contribution in [3.05, 3.63) is 29.3 Å². The summed E-state index contributed by atoms with van der Waals surface area (Å²) in [6.45, 7) is 0. The number of halogens is 1. The van der Waals surface area contributed by atoms with Crippen molar-refractivity contribution in [3.8, 4) is 0 Å². The fourth-order valence-corrected chi connectivity index (χ4v) is 2.72. The van der Waals surface area contributed by atoms with Crippen LogP contribution < -0.4 is 5.32 Å².